The highest BCUT2D eigenvalue weighted by Crippen LogP contribution is 2.12. The van der Waals surface area contributed by atoms with Gasteiger partial charge in [0.2, 0.25) is 0 Å². The lowest BCUT2D eigenvalue weighted by atomic mass is 10.3. The highest BCUT2D eigenvalue weighted by Gasteiger charge is 1.99. The van der Waals surface area contributed by atoms with Crippen molar-refractivity contribution in [1.29, 1.82) is 0 Å². The average Bonchev–Trinajstić information content (AvgIpc) is 2.30. The fraction of sp³-hybridized carbons (Fsp3) is 0.222. The number of aromatic nitrogens is 2. The van der Waals surface area contributed by atoms with Gasteiger partial charge in [0, 0.05) is 18.1 Å². The van der Waals surface area contributed by atoms with Crippen LogP contribution >= 0.6 is 0 Å². The van der Waals surface area contributed by atoms with E-state index >= 15 is 0 Å². The van der Waals surface area contributed by atoms with Gasteiger partial charge in [0.05, 0.1) is 11.7 Å². The van der Waals surface area contributed by atoms with Gasteiger partial charge in [-0.2, -0.15) is 0 Å². The fourth-order valence-electron chi connectivity index (χ4n) is 1.30. The van der Waals surface area contributed by atoms with E-state index in [-0.39, 0.29) is 0 Å². The molecule has 2 nitrogen and oxygen atoms in total. The van der Waals surface area contributed by atoms with Gasteiger partial charge in [0.25, 0.3) is 0 Å². The molecule has 0 N–H and O–H groups in total. The van der Waals surface area contributed by atoms with E-state index in [9.17, 15) is 0 Å². The molecule has 0 spiro atoms. The summed E-state index contributed by atoms with van der Waals surface area (Å²) in [5, 5.41) is 0. The second-order valence-corrected chi connectivity index (χ2v) is 2.78. The first-order chi connectivity index (χ1) is 5.29. The molecule has 56 valence electrons. The normalized spacial score (nSPS) is 10.7. The quantitative estimate of drug-likeness (QED) is 0.555. The average molecular weight is 146 g/mol. The van der Waals surface area contributed by atoms with Crippen molar-refractivity contribution >= 4 is 5.52 Å². The Bertz CT molecular complexity index is 387. The van der Waals surface area contributed by atoms with Crippen LogP contribution < -0.4 is 0 Å². The lowest BCUT2D eigenvalue weighted by molar-refractivity contribution is 1.07. The van der Waals surface area contributed by atoms with Crippen LogP contribution in [0.15, 0.2) is 24.7 Å². The van der Waals surface area contributed by atoms with Crippen molar-refractivity contribution in [2.24, 2.45) is 0 Å². The van der Waals surface area contributed by atoms with Crippen LogP contribution in [0.1, 0.15) is 11.3 Å². The van der Waals surface area contributed by atoms with Crippen LogP contribution in [-0.2, 0) is 0 Å². The minimum atomic E-state index is 1.17. The van der Waals surface area contributed by atoms with E-state index in [0.29, 0.717) is 0 Å². The number of hydrogen-bond donors (Lipinski definition) is 0. The van der Waals surface area contributed by atoms with Gasteiger partial charge in [-0.05, 0) is 25.5 Å². The maximum Gasteiger partial charge on any atom is 0.0639 e. The predicted molar refractivity (Wildman–Crippen MR) is 44.7 cm³/mol. The largest absolute Gasteiger partial charge is 0.318 e. The minimum absolute atomic E-state index is 1.17. The molecule has 0 aliphatic heterocycles. The Kier molecular flexibility index (Phi) is 1.22. The molecule has 0 fully saturated rings. The summed E-state index contributed by atoms with van der Waals surface area (Å²) in [5.41, 5.74) is 3.78. The van der Waals surface area contributed by atoms with Gasteiger partial charge in [-0.15, -0.1) is 0 Å². The van der Waals surface area contributed by atoms with Crippen molar-refractivity contribution in [2.45, 2.75) is 13.8 Å². The lowest BCUT2D eigenvalue weighted by Gasteiger charge is -1.94. The number of nitrogens with zero attached hydrogens (tertiary/aromatic N) is 2. The topological polar surface area (TPSA) is 17.3 Å². The minimum Gasteiger partial charge on any atom is -0.318 e. The molecule has 0 bridgehead atoms. The third-order valence-corrected chi connectivity index (χ3v) is 2.08. The van der Waals surface area contributed by atoms with Gasteiger partial charge in [-0.25, -0.2) is 0 Å². The van der Waals surface area contributed by atoms with Crippen LogP contribution in [-0.4, -0.2) is 9.38 Å². The molecule has 2 aromatic heterocycles. The molecular formula is C9H10N2. The van der Waals surface area contributed by atoms with E-state index in [1.54, 1.807) is 6.20 Å². The number of rotatable bonds is 0. The van der Waals surface area contributed by atoms with E-state index in [4.69, 9.17) is 0 Å². The van der Waals surface area contributed by atoms with E-state index in [1.165, 1.54) is 16.8 Å². The Morgan fingerprint density at radius 2 is 2.18 bits per heavy atom. The molecule has 0 aromatic carbocycles. The molecule has 0 amide bonds. The van der Waals surface area contributed by atoms with Gasteiger partial charge >= 0.3 is 0 Å². The summed E-state index contributed by atoms with van der Waals surface area (Å²) in [6.07, 6.45) is 5.66. The van der Waals surface area contributed by atoms with Gasteiger partial charge in [-0.1, -0.05) is 0 Å². The van der Waals surface area contributed by atoms with Crippen molar-refractivity contribution in [3.63, 3.8) is 0 Å². The maximum atomic E-state index is 4.05. The zero-order valence-corrected chi connectivity index (χ0v) is 6.70. The highest BCUT2D eigenvalue weighted by atomic mass is 14.9. The summed E-state index contributed by atoms with van der Waals surface area (Å²) in [6, 6.07) is 2.14. The Morgan fingerprint density at radius 3 is 2.91 bits per heavy atom. The van der Waals surface area contributed by atoms with Crippen molar-refractivity contribution in [1.82, 2.24) is 9.38 Å². The third kappa shape index (κ3) is 0.827. The molecule has 0 radical (unpaired) electrons. The first kappa shape index (κ1) is 6.40. The second kappa shape index (κ2) is 2.09. The van der Waals surface area contributed by atoms with Crippen LogP contribution in [0.5, 0.6) is 0 Å². The predicted octanol–water partition coefficient (Wildman–Crippen LogP) is 1.95. The Morgan fingerprint density at radius 1 is 1.36 bits per heavy atom. The van der Waals surface area contributed by atoms with E-state index in [2.05, 4.69) is 29.3 Å². The Balaban J connectivity index is 2.92. The summed E-state index contributed by atoms with van der Waals surface area (Å²) in [4.78, 5) is 4.05. The van der Waals surface area contributed by atoms with Gasteiger partial charge < -0.3 is 4.40 Å². The summed E-state index contributed by atoms with van der Waals surface area (Å²) in [6.45, 7) is 4.23. The van der Waals surface area contributed by atoms with E-state index in [0.717, 1.165) is 0 Å². The molecule has 11 heavy (non-hydrogen) atoms. The molecular weight excluding hydrogens is 136 g/mol. The molecule has 0 aliphatic rings. The number of aryl methyl sites for hydroxylation is 2. The lowest BCUT2D eigenvalue weighted by Crippen LogP contribution is -1.86. The van der Waals surface area contributed by atoms with Crippen LogP contribution in [0, 0.1) is 13.8 Å². The summed E-state index contributed by atoms with van der Waals surface area (Å²) < 4.78 is 2.14. The van der Waals surface area contributed by atoms with Crippen molar-refractivity contribution in [2.75, 3.05) is 0 Å². The summed E-state index contributed by atoms with van der Waals surface area (Å²) in [5.74, 6) is 0. The van der Waals surface area contributed by atoms with E-state index in [1.807, 2.05) is 12.4 Å². The molecule has 0 unspecified atom stereocenters. The Labute approximate surface area is 65.5 Å². The second-order valence-electron chi connectivity index (χ2n) is 2.78. The standard InChI is InChI=1S/C9H10N2/c1-7-5-9-6-10-3-4-11(9)8(7)2/h3-6H,1-2H3. The van der Waals surface area contributed by atoms with Crippen LogP contribution in [0.25, 0.3) is 5.52 Å². The van der Waals surface area contributed by atoms with Crippen LogP contribution in [0.4, 0.5) is 0 Å². The molecule has 0 saturated heterocycles. The number of hydrogen-bond acceptors (Lipinski definition) is 1. The molecule has 0 saturated carbocycles. The van der Waals surface area contributed by atoms with E-state index < -0.39 is 0 Å². The fourth-order valence-corrected chi connectivity index (χ4v) is 1.30. The van der Waals surface area contributed by atoms with Gasteiger partial charge in [-0.3, -0.25) is 4.98 Å². The van der Waals surface area contributed by atoms with Crippen molar-refractivity contribution < 1.29 is 0 Å². The number of fused-ring (bicyclic) bond motifs is 1. The third-order valence-electron chi connectivity index (χ3n) is 2.08. The molecule has 2 rings (SSSR count). The van der Waals surface area contributed by atoms with Gasteiger partial charge in [0.15, 0.2) is 0 Å². The first-order valence-corrected chi connectivity index (χ1v) is 3.67. The smallest absolute Gasteiger partial charge is 0.0639 e. The first-order valence-electron chi connectivity index (χ1n) is 3.67. The molecule has 0 aliphatic carbocycles. The highest BCUT2D eigenvalue weighted by molar-refractivity contribution is 5.50. The van der Waals surface area contributed by atoms with Gasteiger partial charge in [0.1, 0.15) is 0 Å². The molecule has 2 aromatic rings. The summed E-state index contributed by atoms with van der Waals surface area (Å²) in [7, 11) is 0. The molecule has 0 atom stereocenters. The van der Waals surface area contributed by atoms with Crippen molar-refractivity contribution in [3.8, 4) is 0 Å². The molecule has 2 heterocycles. The monoisotopic (exact) mass is 146 g/mol. The zero-order valence-electron chi connectivity index (χ0n) is 6.70. The van der Waals surface area contributed by atoms with Crippen LogP contribution in [0.2, 0.25) is 0 Å². The maximum absolute atomic E-state index is 4.05. The summed E-state index contributed by atoms with van der Waals surface area (Å²) >= 11 is 0. The zero-order chi connectivity index (χ0) is 7.84. The molecule has 2 heteroatoms. The SMILES string of the molecule is Cc1cc2cnccn2c1C. The Hall–Kier alpha value is -1.31. The van der Waals surface area contributed by atoms with Crippen molar-refractivity contribution in [3.05, 3.63) is 35.9 Å². The van der Waals surface area contributed by atoms with Crippen LogP contribution in [0.3, 0.4) is 0 Å².